The van der Waals surface area contributed by atoms with E-state index in [0.717, 1.165) is 0 Å². The lowest BCUT2D eigenvalue weighted by atomic mass is 9.95. The Morgan fingerprint density at radius 1 is 1.13 bits per heavy atom. The summed E-state index contributed by atoms with van der Waals surface area (Å²) in [6.45, 7) is 0. The fraction of sp³-hybridized carbons (Fsp3) is 0.0455. The van der Waals surface area contributed by atoms with E-state index in [9.17, 15) is 19.1 Å². The molecule has 3 heterocycles. The van der Waals surface area contributed by atoms with Gasteiger partial charge in [-0.3, -0.25) is 14.5 Å². The second-order valence-electron chi connectivity index (χ2n) is 6.78. The predicted molar refractivity (Wildman–Crippen MR) is 105 cm³/mol. The molecule has 0 saturated carbocycles. The Morgan fingerprint density at radius 2 is 1.93 bits per heavy atom. The molecule has 2 aromatic carbocycles. The van der Waals surface area contributed by atoms with Gasteiger partial charge in [0, 0.05) is 0 Å². The van der Waals surface area contributed by atoms with Gasteiger partial charge in [0.1, 0.15) is 5.82 Å². The summed E-state index contributed by atoms with van der Waals surface area (Å²) in [5, 5.41) is 10.6. The Bertz CT molecular complexity index is 1310. The number of anilines is 1. The number of ketones is 1. The van der Waals surface area contributed by atoms with Crippen LogP contribution in [-0.4, -0.2) is 26.8 Å². The van der Waals surface area contributed by atoms with Crippen LogP contribution in [0.5, 0.6) is 0 Å². The number of aliphatic hydroxyl groups excluding tert-OH is 1. The summed E-state index contributed by atoms with van der Waals surface area (Å²) in [6.07, 6.45) is 1.34. The zero-order valence-corrected chi connectivity index (χ0v) is 15.4. The van der Waals surface area contributed by atoms with Crippen molar-refractivity contribution in [2.75, 3.05) is 4.90 Å². The molecule has 2 aromatic heterocycles. The first-order chi connectivity index (χ1) is 14.5. The Labute approximate surface area is 169 Å². The van der Waals surface area contributed by atoms with Gasteiger partial charge in [-0.1, -0.05) is 30.3 Å². The third-order valence-corrected chi connectivity index (χ3v) is 4.97. The number of benzene rings is 2. The van der Waals surface area contributed by atoms with E-state index in [2.05, 4.69) is 9.97 Å². The average Bonchev–Trinajstić information content (AvgIpc) is 3.47. The summed E-state index contributed by atoms with van der Waals surface area (Å²) in [5.74, 6) is -2.46. The molecule has 8 heteroatoms. The minimum absolute atomic E-state index is 0.00110. The molecular weight excluding hydrogens is 389 g/mol. The lowest BCUT2D eigenvalue weighted by molar-refractivity contribution is -0.117. The molecule has 148 valence electrons. The quantitative estimate of drug-likeness (QED) is 0.500. The number of hydrogen-bond acceptors (Lipinski definition) is 5. The third kappa shape index (κ3) is 2.69. The van der Waals surface area contributed by atoms with Crippen LogP contribution in [-0.2, 0) is 4.79 Å². The molecule has 1 amide bonds. The molecule has 2 N–H and O–H groups in total. The second-order valence-corrected chi connectivity index (χ2v) is 6.78. The summed E-state index contributed by atoms with van der Waals surface area (Å²) in [7, 11) is 0. The molecule has 0 fully saturated rings. The van der Waals surface area contributed by atoms with Gasteiger partial charge in [-0.25, -0.2) is 9.37 Å². The van der Waals surface area contributed by atoms with Gasteiger partial charge in [0.15, 0.2) is 11.5 Å². The second kappa shape index (κ2) is 6.70. The average molecular weight is 403 g/mol. The Kier molecular flexibility index (Phi) is 3.99. The number of halogens is 1. The summed E-state index contributed by atoms with van der Waals surface area (Å²) in [6, 6.07) is 14.8. The number of nitrogens with one attached hydrogen (secondary N) is 1. The number of imidazole rings is 1. The number of nitrogens with zero attached hydrogens (tertiary/aromatic N) is 2. The molecule has 1 atom stereocenters. The molecule has 0 radical (unpaired) electrons. The molecule has 4 aromatic rings. The molecule has 0 bridgehead atoms. The highest BCUT2D eigenvalue weighted by Gasteiger charge is 2.46. The van der Waals surface area contributed by atoms with Gasteiger partial charge in [-0.2, -0.15) is 0 Å². The molecule has 1 aliphatic heterocycles. The van der Waals surface area contributed by atoms with Gasteiger partial charge in [0.2, 0.25) is 11.7 Å². The van der Waals surface area contributed by atoms with Crippen molar-refractivity contribution >= 4 is 28.7 Å². The van der Waals surface area contributed by atoms with Crippen LogP contribution in [0.2, 0.25) is 0 Å². The van der Waals surface area contributed by atoms with Crippen molar-refractivity contribution in [3.05, 3.63) is 95.4 Å². The number of fused-ring (bicyclic) bond motifs is 1. The standard InChI is InChI=1S/C22H14FN3O4/c23-13-8-9-14-15(11-13)25-22(24-14)26-18(12-5-2-1-3-6-12)17(20(28)21(26)29)19(27)16-7-4-10-30-16/h1-11,18,28H,(H,24,25). The van der Waals surface area contributed by atoms with Crippen LogP contribution in [0.3, 0.4) is 0 Å². The van der Waals surface area contributed by atoms with Crippen LogP contribution in [0.15, 0.2) is 82.7 Å². The van der Waals surface area contributed by atoms with Gasteiger partial charge in [-0.05, 0) is 35.9 Å². The molecule has 1 aliphatic rings. The van der Waals surface area contributed by atoms with Crippen LogP contribution in [0, 0.1) is 5.82 Å². The summed E-state index contributed by atoms with van der Waals surface area (Å²) < 4.78 is 18.8. The highest BCUT2D eigenvalue weighted by atomic mass is 19.1. The zero-order chi connectivity index (χ0) is 20.8. The van der Waals surface area contributed by atoms with Crippen LogP contribution in [0.25, 0.3) is 11.0 Å². The van der Waals surface area contributed by atoms with E-state index in [-0.39, 0.29) is 17.3 Å². The number of carbonyl (C=O) groups excluding carboxylic acids is 2. The lowest BCUT2D eigenvalue weighted by Gasteiger charge is -2.24. The number of rotatable bonds is 4. The van der Waals surface area contributed by atoms with E-state index in [1.807, 2.05) is 0 Å². The minimum Gasteiger partial charge on any atom is -0.503 e. The van der Waals surface area contributed by atoms with Crippen molar-refractivity contribution in [1.29, 1.82) is 0 Å². The minimum atomic E-state index is -0.943. The first-order valence-corrected chi connectivity index (χ1v) is 9.09. The monoisotopic (exact) mass is 403 g/mol. The van der Waals surface area contributed by atoms with E-state index in [4.69, 9.17) is 4.42 Å². The molecular formula is C22H14FN3O4. The predicted octanol–water partition coefficient (Wildman–Crippen LogP) is 4.08. The van der Waals surface area contributed by atoms with E-state index in [1.54, 1.807) is 36.4 Å². The largest absolute Gasteiger partial charge is 0.503 e. The van der Waals surface area contributed by atoms with Crippen molar-refractivity contribution in [1.82, 2.24) is 9.97 Å². The number of aliphatic hydroxyl groups is 1. The lowest BCUT2D eigenvalue weighted by Crippen LogP contribution is -2.31. The van der Waals surface area contributed by atoms with Gasteiger partial charge in [0.05, 0.1) is 28.9 Å². The molecule has 0 saturated heterocycles. The number of hydrogen-bond donors (Lipinski definition) is 2. The van der Waals surface area contributed by atoms with Gasteiger partial charge >= 0.3 is 0 Å². The van der Waals surface area contributed by atoms with Crippen molar-refractivity contribution in [3.63, 3.8) is 0 Å². The number of aromatic amines is 1. The van der Waals surface area contributed by atoms with Gasteiger partial charge in [-0.15, -0.1) is 0 Å². The van der Waals surface area contributed by atoms with Crippen LogP contribution < -0.4 is 4.90 Å². The third-order valence-electron chi connectivity index (χ3n) is 4.97. The van der Waals surface area contributed by atoms with E-state index >= 15 is 0 Å². The fourth-order valence-corrected chi connectivity index (χ4v) is 3.63. The maximum absolute atomic E-state index is 13.6. The van der Waals surface area contributed by atoms with Crippen molar-refractivity contribution in [2.45, 2.75) is 6.04 Å². The Balaban J connectivity index is 1.68. The number of amides is 1. The SMILES string of the molecule is O=C(C1=C(O)C(=O)N(c2nc3ccc(F)cc3[nH]2)C1c1ccccc1)c1ccco1. The Hall–Kier alpha value is -4.20. The summed E-state index contributed by atoms with van der Waals surface area (Å²) in [4.78, 5) is 34.6. The number of H-pyrrole nitrogens is 1. The topological polar surface area (TPSA) is 99.4 Å². The van der Waals surface area contributed by atoms with Crippen LogP contribution in [0.4, 0.5) is 10.3 Å². The summed E-state index contributed by atoms with van der Waals surface area (Å²) >= 11 is 0. The van der Waals surface area contributed by atoms with Gasteiger partial charge < -0.3 is 14.5 Å². The first kappa shape index (κ1) is 17.9. The van der Waals surface area contributed by atoms with E-state index in [1.165, 1.54) is 35.4 Å². The van der Waals surface area contributed by atoms with Crippen molar-refractivity contribution < 1.29 is 23.5 Å². The van der Waals surface area contributed by atoms with Crippen molar-refractivity contribution in [2.24, 2.45) is 0 Å². The van der Waals surface area contributed by atoms with E-state index < -0.39 is 29.3 Å². The van der Waals surface area contributed by atoms with Crippen LogP contribution >= 0.6 is 0 Å². The highest BCUT2D eigenvalue weighted by Crippen LogP contribution is 2.41. The smallest absolute Gasteiger partial charge is 0.296 e. The molecule has 0 aliphatic carbocycles. The molecule has 0 spiro atoms. The van der Waals surface area contributed by atoms with Crippen molar-refractivity contribution in [3.8, 4) is 0 Å². The van der Waals surface area contributed by atoms with Crippen LogP contribution in [0.1, 0.15) is 22.2 Å². The first-order valence-electron chi connectivity index (χ1n) is 9.09. The maximum Gasteiger partial charge on any atom is 0.296 e. The zero-order valence-electron chi connectivity index (χ0n) is 15.4. The fourth-order valence-electron chi connectivity index (χ4n) is 3.63. The molecule has 1 unspecified atom stereocenters. The molecule has 5 rings (SSSR count). The van der Waals surface area contributed by atoms with Gasteiger partial charge in [0.25, 0.3) is 5.91 Å². The van der Waals surface area contributed by atoms with E-state index in [0.29, 0.717) is 16.6 Å². The normalized spacial score (nSPS) is 16.6. The number of furan rings is 1. The number of Topliss-reactive ketones (excluding diaryl/α,β-unsaturated/α-hetero) is 1. The molecule has 7 nitrogen and oxygen atoms in total. The maximum atomic E-state index is 13.6. The highest BCUT2D eigenvalue weighted by molar-refractivity contribution is 6.19. The molecule has 30 heavy (non-hydrogen) atoms. The Morgan fingerprint density at radius 3 is 2.67 bits per heavy atom. The number of carbonyl (C=O) groups is 2. The number of aromatic nitrogens is 2. The summed E-state index contributed by atoms with van der Waals surface area (Å²) in [5.41, 5.74) is 1.30.